The van der Waals surface area contributed by atoms with Crippen LogP contribution in [0.25, 0.3) is 0 Å². The monoisotopic (exact) mass is 442 g/mol. The fourth-order valence-electron chi connectivity index (χ4n) is 2.75. The van der Waals surface area contributed by atoms with Crippen LogP contribution in [0.4, 0.5) is 11.4 Å². The second kappa shape index (κ2) is 7.47. The Bertz CT molecular complexity index is 1100. The zero-order chi connectivity index (χ0) is 21.4. The summed E-state index contributed by atoms with van der Waals surface area (Å²) in [5.41, 5.74) is -0.822. The number of nitro benzene ring substituents is 2. The highest BCUT2D eigenvalue weighted by Gasteiger charge is 2.38. The van der Waals surface area contributed by atoms with Crippen molar-refractivity contribution in [3.05, 3.63) is 68.8 Å². The van der Waals surface area contributed by atoms with Crippen LogP contribution in [0.15, 0.2) is 58.3 Å². The fraction of sp³-hybridized carbons (Fsp3) is 0.200. The van der Waals surface area contributed by atoms with Crippen molar-refractivity contribution >= 4 is 31.4 Å². The number of nitro groups is 2. The molecule has 2 aromatic carbocycles. The summed E-state index contributed by atoms with van der Waals surface area (Å²) in [4.78, 5) is 19.6. The second-order valence-corrected chi connectivity index (χ2v) is 9.89. The average molecular weight is 442 g/mol. The molecule has 0 radical (unpaired) electrons. The van der Waals surface area contributed by atoms with E-state index in [-0.39, 0.29) is 22.9 Å². The summed E-state index contributed by atoms with van der Waals surface area (Å²) in [6, 6.07) is 8.88. The van der Waals surface area contributed by atoms with Crippen LogP contribution < -0.4 is 0 Å². The van der Waals surface area contributed by atoms with Crippen molar-refractivity contribution in [2.45, 2.75) is 9.79 Å². The highest BCUT2D eigenvalue weighted by Crippen LogP contribution is 2.27. The number of nitrogens with zero attached hydrogens (tertiary/aromatic N) is 4. The molecule has 1 fully saturated rings. The van der Waals surface area contributed by atoms with Gasteiger partial charge in [0.2, 0.25) is 20.0 Å². The first-order valence-corrected chi connectivity index (χ1v) is 10.9. The minimum absolute atomic E-state index is 0.167. The molecule has 0 saturated carbocycles. The molecule has 12 nitrogen and oxygen atoms in total. The van der Waals surface area contributed by atoms with Crippen LogP contribution in [-0.4, -0.2) is 55.1 Å². The first kappa shape index (κ1) is 20.8. The first-order chi connectivity index (χ1) is 13.5. The molecule has 1 aliphatic heterocycles. The lowest BCUT2D eigenvalue weighted by atomic mass is 10.3. The maximum atomic E-state index is 12.8. The van der Waals surface area contributed by atoms with Gasteiger partial charge in [-0.3, -0.25) is 20.2 Å². The van der Waals surface area contributed by atoms with Crippen LogP contribution in [0, 0.1) is 20.2 Å². The molecule has 0 atom stereocenters. The molecule has 29 heavy (non-hydrogen) atoms. The molecular weight excluding hydrogens is 428 g/mol. The quantitative estimate of drug-likeness (QED) is 0.475. The van der Waals surface area contributed by atoms with Crippen molar-refractivity contribution in [1.82, 2.24) is 8.61 Å². The molecule has 3 rings (SSSR count). The van der Waals surface area contributed by atoms with Crippen molar-refractivity contribution in [1.29, 1.82) is 0 Å². The van der Waals surface area contributed by atoms with Crippen molar-refractivity contribution < 1.29 is 26.7 Å². The molecule has 1 saturated heterocycles. The number of non-ortho nitro benzene ring substituents is 2. The van der Waals surface area contributed by atoms with Gasteiger partial charge in [0.1, 0.15) is 0 Å². The lowest BCUT2D eigenvalue weighted by Gasteiger charge is -2.18. The van der Waals surface area contributed by atoms with Crippen LogP contribution in [0.3, 0.4) is 0 Å². The van der Waals surface area contributed by atoms with E-state index in [2.05, 4.69) is 0 Å². The SMILES string of the molecule is O=[N+]([O-])c1cccc(S(=O)(=O)N2CCN(S(=O)(=O)c3cccc([N+](=O)[O-])c3)C2)c1. The van der Waals surface area contributed by atoms with E-state index in [1.54, 1.807) is 0 Å². The Morgan fingerprint density at radius 1 is 0.724 bits per heavy atom. The molecule has 0 amide bonds. The Morgan fingerprint density at radius 3 is 1.45 bits per heavy atom. The number of sulfonamides is 2. The van der Waals surface area contributed by atoms with E-state index in [9.17, 15) is 37.1 Å². The van der Waals surface area contributed by atoms with Gasteiger partial charge in [-0.2, -0.15) is 8.61 Å². The molecule has 1 aliphatic rings. The van der Waals surface area contributed by atoms with Gasteiger partial charge in [-0.25, -0.2) is 16.8 Å². The molecule has 0 spiro atoms. The predicted octanol–water partition coefficient (Wildman–Crippen LogP) is 1.16. The van der Waals surface area contributed by atoms with Crippen LogP contribution >= 0.6 is 0 Å². The zero-order valence-electron chi connectivity index (χ0n) is 14.6. The fourth-order valence-corrected chi connectivity index (χ4v) is 5.68. The highest BCUT2D eigenvalue weighted by molar-refractivity contribution is 7.90. The van der Waals surface area contributed by atoms with E-state index in [1.165, 1.54) is 24.3 Å². The van der Waals surface area contributed by atoms with Gasteiger partial charge in [-0.05, 0) is 12.1 Å². The molecular formula is C15H14N4O8S2. The first-order valence-electron chi connectivity index (χ1n) is 8.03. The van der Waals surface area contributed by atoms with E-state index >= 15 is 0 Å². The van der Waals surface area contributed by atoms with E-state index < -0.39 is 47.9 Å². The normalized spacial score (nSPS) is 16.0. The van der Waals surface area contributed by atoms with Gasteiger partial charge in [0.25, 0.3) is 11.4 Å². The standard InChI is InChI=1S/C15H14N4O8S2/c20-18(21)12-3-1-5-14(9-12)28(24,25)16-7-8-17(11-16)29(26,27)15-6-2-4-13(10-15)19(22)23/h1-6,9-10H,7-8,11H2. The number of hydrogen-bond acceptors (Lipinski definition) is 8. The van der Waals surface area contributed by atoms with Crippen LogP contribution in [0.2, 0.25) is 0 Å². The van der Waals surface area contributed by atoms with Gasteiger partial charge in [-0.1, -0.05) is 12.1 Å². The molecule has 14 heteroatoms. The Kier molecular flexibility index (Phi) is 5.36. The smallest absolute Gasteiger partial charge is 0.258 e. The van der Waals surface area contributed by atoms with Gasteiger partial charge >= 0.3 is 0 Å². The van der Waals surface area contributed by atoms with E-state index in [0.717, 1.165) is 32.9 Å². The predicted molar refractivity (Wildman–Crippen MR) is 98.8 cm³/mol. The van der Waals surface area contributed by atoms with E-state index in [4.69, 9.17) is 0 Å². The lowest BCUT2D eigenvalue weighted by molar-refractivity contribution is -0.385. The summed E-state index contributed by atoms with van der Waals surface area (Å²) in [5.74, 6) is 0. The summed E-state index contributed by atoms with van der Waals surface area (Å²) in [7, 11) is -8.35. The Hall–Kier alpha value is -2.94. The topological polar surface area (TPSA) is 161 Å². The van der Waals surface area contributed by atoms with Gasteiger partial charge < -0.3 is 0 Å². The molecule has 0 bridgehead atoms. The summed E-state index contributed by atoms with van der Waals surface area (Å²) in [6.07, 6.45) is 0. The van der Waals surface area contributed by atoms with Gasteiger partial charge in [0, 0.05) is 37.4 Å². The second-order valence-electron chi connectivity index (χ2n) is 6.01. The van der Waals surface area contributed by atoms with Gasteiger partial charge in [-0.15, -0.1) is 0 Å². The maximum Gasteiger partial charge on any atom is 0.270 e. The van der Waals surface area contributed by atoms with Crippen molar-refractivity contribution in [3.63, 3.8) is 0 Å². The third-order valence-electron chi connectivity index (χ3n) is 4.25. The third-order valence-corrected chi connectivity index (χ3v) is 7.90. The Labute approximate surface area is 165 Å². The minimum Gasteiger partial charge on any atom is -0.258 e. The zero-order valence-corrected chi connectivity index (χ0v) is 16.2. The molecule has 0 unspecified atom stereocenters. The highest BCUT2D eigenvalue weighted by atomic mass is 32.2. The van der Waals surface area contributed by atoms with Crippen LogP contribution in [-0.2, 0) is 20.0 Å². The lowest BCUT2D eigenvalue weighted by Crippen LogP contribution is -2.34. The molecule has 1 heterocycles. The van der Waals surface area contributed by atoms with Crippen molar-refractivity contribution in [2.75, 3.05) is 19.8 Å². The third kappa shape index (κ3) is 3.95. The summed E-state index contributed by atoms with van der Waals surface area (Å²) in [6.45, 7) is -0.853. The van der Waals surface area contributed by atoms with Crippen molar-refractivity contribution in [2.24, 2.45) is 0 Å². The van der Waals surface area contributed by atoms with Crippen molar-refractivity contribution in [3.8, 4) is 0 Å². The molecule has 0 aromatic heterocycles. The number of benzene rings is 2. The molecule has 0 N–H and O–H groups in total. The average Bonchev–Trinajstić information content (AvgIpc) is 3.20. The van der Waals surface area contributed by atoms with E-state index in [1.807, 2.05) is 0 Å². The molecule has 0 aliphatic carbocycles. The summed E-state index contributed by atoms with van der Waals surface area (Å²) >= 11 is 0. The van der Waals surface area contributed by atoms with Crippen LogP contribution in [0.1, 0.15) is 0 Å². The summed E-state index contributed by atoms with van der Waals surface area (Å²) in [5, 5.41) is 21.8. The minimum atomic E-state index is -4.18. The van der Waals surface area contributed by atoms with Gasteiger partial charge in [0.15, 0.2) is 0 Å². The van der Waals surface area contributed by atoms with Gasteiger partial charge in [0.05, 0.1) is 26.3 Å². The Morgan fingerprint density at radius 2 is 1.10 bits per heavy atom. The Balaban J connectivity index is 1.87. The molecule has 154 valence electrons. The number of hydrogen-bond donors (Lipinski definition) is 0. The summed E-state index contributed by atoms with van der Waals surface area (Å²) < 4.78 is 52.8. The molecule has 2 aromatic rings. The van der Waals surface area contributed by atoms with Crippen LogP contribution in [0.5, 0.6) is 0 Å². The maximum absolute atomic E-state index is 12.8. The van der Waals surface area contributed by atoms with E-state index in [0.29, 0.717) is 0 Å². The largest absolute Gasteiger partial charge is 0.270 e. The number of rotatable bonds is 6.